The van der Waals surface area contributed by atoms with Gasteiger partial charge < -0.3 is 9.84 Å². The molecule has 0 aliphatic rings. The molecule has 1 aromatic heterocycles. The molecule has 3 rings (SSSR count). The highest BCUT2D eigenvalue weighted by Gasteiger charge is 2.23. The number of nitrogens with zero attached hydrogens (tertiary/aromatic N) is 3. The Labute approximate surface area is 198 Å². The highest BCUT2D eigenvalue weighted by molar-refractivity contribution is 5.65. The molecule has 1 atom stereocenters. The van der Waals surface area contributed by atoms with E-state index in [0.29, 0.717) is 25.4 Å². The molecule has 2 aromatic carbocycles. The highest BCUT2D eigenvalue weighted by atomic mass is 16.5. The maximum Gasteiger partial charge on any atom is 0.222 e. The predicted octanol–water partition coefficient (Wildman–Crippen LogP) is 5.97. The van der Waals surface area contributed by atoms with E-state index in [4.69, 9.17) is 9.84 Å². The fourth-order valence-electron chi connectivity index (χ4n) is 4.01. The van der Waals surface area contributed by atoms with Crippen LogP contribution in [-0.2, 0) is 13.6 Å². The van der Waals surface area contributed by atoms with Gasteiger partial charge in [-0.25, -0.2) is 4.68 Å². The van der Waals surface area contributed by atoms with Gasteiger partial charge in [0.2, 0.25) is 5.88 Å². The second kappa shape index (κ2) is 11.8. The average Bonchev–Trinajstić information content (AvgIpc) is 3.09. The van der Waals surface area contributed by atoms with Gasteiger partial charge in [-0.05, 0) is 37.8 Å². The minimum atomic E-state index is -0.403. The van der Waals surface area contributed by atoms with E-state index < -0.39 is 6.10 Å². The number of ether oxygens (including phenoxy) is 1. The van der Waals surface area contributed by atoms with Crippen molar-refractivity contribution in [1.29, 1.82) is 0 Å². The second-order valence-corrected chi connectivity index (χ2v) is 9.14. The Kier molecular flexibility index (Phi) is 8.87. The van der Waals surface area contributed by atoms with Crippen LogP contribution in [-0.4, -0.2) is 39.0 Å². The van der Waals surface area contributed by atoms with Crippen molar-refractivity contribution in [3.05, 3.63) is 78.4 Å². The molecule has 0 spiro atoms. The zero-order valence-electron chi connectivity index (χ0n) is 20.4. The van der Waals surface area contributed by atoms with Crippen LogP contribution in [0.2, 0.25) is 0 Å². The normalized spacial score (nSPS) is 12.3. The molecule has 5 heteroatoms. The van der Waals surface area contributed by atoms with E-state index in [0.717, 1.165) is 41.4 Å². The first kappa shape index (κ1) is 24.7. The van der Waals surface area contributed by atoms with Crippen molar-refractivity contribution in [1.82, 2.24) is 14.7 Å². The molecule has 176 valence electrons. The number of allylic oxidation sites excluding steroid dienone is 1. The summed E-state index contributed by atoms with van der Waals surface area (Å²) in [6.45, 7) is 12.4. The summed E-state index contributed by atoms with van der Waals surface area (Å²) in [6, 6.07) is 18.3. The summed E-state index contributed by atoms with van der Waals surface area (Å²) in [5, 5.41) is 15.5. The van der Waals surface area contributed by atoms with Crippen molar-refractivity contribution in [2.45, 2.75) is 46.3 Å². The Morgan fingerprint density at radius 1 is 1.09 bits per heavy atom. The molecule has 3 aromatic rings. The fraction of sp³-hybridized carbons (Fsp3) is 0.393. The van der Waals surface area contributed by atoms with E-state index in [9.17, 15) is 5.11 Å². The van der Waals surface area contributed by atoms with Crippen LogP contribution in [0.15, 0.2) is 67.3 Å². The topological polar surface area (TPSA) is 50.5 Å². The predicted molar refractivity (Wildman–Crippen MR) is 135 cm³/mol. The summed E-state index contributed by atoms with van der Waals surface area (Å²) in [5.41, 5.74) is 4.18. The molecule has 0 fully saturated rings. The molecule has 0 aliphatic heterocycles. The monoisotopic (exact) mass is 447 g/mol. The van der Waals surface area contributed by atoms with Gasteiger partial charge in [0.1, 0.15) is 11.4 Å². The minimum absolute atomic E-state index is 0.403. The fourth-order valence-corrected chi connectivity index (χ4v) is 4.01. The Balaban J connectivity index is 1.97. The number of aliphatic hydroxyl groups excluding tert-OH is 1. The third-order valence-electron chi connectivity index (χ3n) is 5.55. The van der Waals surface area contributed by atoms with Gasteiger partial charge in [-0.15, -0.1) is 6.58 Å². The van der Waals surface area contributed by atoms with Gasteiger partial charge in [-0.2, -0.15) is 5.10 Å². The smallest absolute Gasteiger partial charge is 0.222 e. The standard InChI is InChI=1S/C28H37N3O2/c1-6-7-13-24(32)19-31(18-21(2)3)20-26-27(23-11-9-8-10-12-23)29-30(5)28(26)33-25-16-14-22(4)15-17-25/h6,8-12,14-17,21,24,32H,1,7,13,18-20H2,2-5H3/t24-/m0/s1. The van der Waals surface area contributed by atoms with Gasteiger partial charge in [0.05, 0.1) is 11.7 Å². The third-order valence-corrected chi connectivity index (χ3v) is 5.55. The van der Waals surface area contributed by atoms with E-state index in [-0.39, 0.29) is 0 Å². The van der Waals surface area contributed by atoms with Crippen molar-refractivity contribution in [2.75, 3.05) is 13.1 Å². The number of benzene rings is 2. The lowest BCUT2D eigenvalue weighted by atomic mass is 10.1. The van der Waals surface area contributed by atoms with Crippen LogP contribution in [0.3, 0.4) is 0 Å². The molecule has 0 aliphatic carbocycles. The van der Waals surface area contributed by atoms with Crippen LogP contribution in [0.25, 0.3) is 11.3 Å². The molecule has 1 heterocycles. The first-order valence-electron chi connectivity index (χ1n) is 11.7. The molecule has 1 N–H and O–H groups in total. The first-order chi connectivity index (χ1) is 15.9. The number of hydrogen-bond donors (Lipinski definition) is 1. The molecule has 5 nitrogen and oxygen atoms in total. The van der Waals surface area contributed by atoms with Gasteiger partial charge in [0.15, 0.2) is 0 Å². The lowest BCUT2D eigenvalue weighted by Gasteiger charge is -2.27. The lowest BCUT2D eigenvalue weighted by molar-refractivity contribution is 0.0953. The van der Waals surface area contributed by atoms with E-state index >= 15 is 0 Å². The third kappa shape index (κ3) is 7.04. The Morgan fingerprint density at radius 2 is 1.79 bits per heavy atom. The Bertz CT molecular complexity index is 1010. The van der Waals surface area contributed by atoms with Gasteiger partial charge in [0.25, 0.3) is 0 Å². The largest absolute Gasteiger partial charge is 0.439 e. The van der Waals surface area contributed by atoms with Crippen molar-refractivity contribution in [2.24, 2.45) is 13.0 Å². The molecular formula is C28H37N3O2. The van der Waals surface area contributed by atoms with E-state index in [2.05, 4.69) is 44.4 Å². The first-order valence-corrected chi connectivity index (χ1v) is 11.7. The zero-order valence-corrected chi connectivity index (χ0v) is 20.4. The maximum atomic E-state index is 10.6. The summed E-state index contributed by atoms with van der Waals surface area (Å²) < 4.78 is 8.19. The molecule has 0 saturated carbocycles. The van der Waals surface area contributed by atoms with E-state index in [1.807, 2.05) is 60.3 Å². The Hall–Kier alpha value is -2.89. The van der Waals surface area contributed by atoms with Gasteiger partial charge in [0, 0.05) is 32.2 Å². The van der Waals surface area contributed by atoms with Crippen LogP contribution in [0, 0.1) is 12.8 Å². The molecule has 0 unspecified atom stereocenters. The summed E-state index contributed by atoms with van der Waals surface area (Å²) in [7, 11) is 1.92. The van der Waals surface area contributed by atoms with Crippen molar-refractivity contribution >= 4 is 0 Å². The van der Waals surface area contributed by atoms with Crippen LogP contribution in [0.5, 0.6) is 11.6 Å². The number of hydrogen-bond acceptors (Lipinski definition) is 4. The van der Waals surface area contributed by atoms with Crippen molar-refractivity contribution in [3.63, 3.8) is 0 Å². The van der Waals surface area contributed by atoms with Crippen molar-refractivity contribution in [3.8, 4) is 22.9 Å². The van der Waals surface area contributed by atoms with Gasteiger partial charge in [-0.1, -0.05) is 68.0 Å². The van der Waals surface area contributed by atoms with Crippen LogP contribution in [0.4, 0.5) is 0 Å². The quantitative estimate of drug-likeness (QED) is 0.347. The SMILES string of the molecule is C=CCC[C@H](O)CN(Cc1c(-c2ccccc2)nn(C)c1Oc1ccc(C)cc1)CC(C)C. The summed E-state index contributed by atoms with van der Waals surface area (Å²) in [4.78, 5) is 2.31. The summed E-state index contributed by atoms with van der Waals surface area (Å²) >= 11 is 0. The lowest BCUT2D eigenvalue weighted by Crippen LogP contribution is -2.35. The molecule has 0 bridgehead atoms. The maximum absolute atomic E-state index is 10.6. The second-order valence-electron chi connectivity index (χ2n) is 9.14. The molecule has 0 saturated heterocycles. The number of rotatable bonds is 12. The number of aromatic nitrogens is 2. The van der Waals surface area contributed by atoms with Gasteiger partial charge >= 0.3 is 0 Å². The van der Waals surface area contributed by atoms with Crippen molar-refractivity contribution < 1.29 is 9.84 Å². The zero-order chi connectivity index (χ0) is 23.8. The number of aryl methyl sites for hydroxylation is 2. The Morgan fingerprint density at radius 3 is 2.42 bits per heavy atom. The highest BCUT2D eigenvalue weighted by Crippen LogP contribution is 2.34. The van der Waals surface area contributed by atoms with Gasteiger partial charge in [-0.3, -0.25) is 4.90 Å². The summed E-state index contributed by atoms with van der Waals surface area (Å²) in [6.07, 6.45) is 2.97. The van der Waals surface area contributed by atoms with Crippen LogP contribution >= 0.6 is 0 Å². The molecule has 0 amide bonds. The minimum Gasteiger partial charge on any atom is -0.439 e. The molecule has 33 heavy (non-hydrogen) atoms. The summed E-state index contributed by atoms with van der Waals surface area (Å²) in [5.74, 6) is 1.98. The molecular weight excluding hydrogens is 410 g/mol. The average molecular weight is 448 g/mol. The van der Waals surface area contributed by atoms with E-state index in [1.54, 1.807) is 0 Å². The van der Waals surface area contributed by atoms with Crippen LogP contribution < -0.4 is 4.74 Å². The van der Waals surface area contributed by atoms with E-state index in [1.165, 1.54) is 5.56 Å². The van der Waals surface area contributed by atoms with Crippen LogP contribution in [0.1, 0.15) is 37.8 Å². The number of aliphatic hydroxyl groups is 1. The molecule has 0 radical (unpaired) electrons.